The minimum Gasteiger partial charge on any atom is -0.452 e. The zero-order valence-corrected chi connectivity index (χ0v) is 13.3. The molecule has 1 N–H and O–H groups in total. The summed E-state index contributed by atoms with van der Waals surface area (Å²) in [6, 6.07) is 14.4. The number of carbonyl (C=O) groups excluding carboxylic acids is 2. The molecule has 0 saturated heterocycles. The van der Waals surface area contributed by atoms with Crippen molar-refractivity contribution in [2.75, 3.05) is 11.9 Å². The van der Waals surface area contributed by atoms with E-state index >= 15 is 0 Å². The highest BCUT2D eigenvalue weighted by Gasteiger charge is 2.05. The fourth-order valence-corrected chi connectivity index (χ4v) is 1.97. The Kier molecular flexibility index (Phi) is 5.94. The van der Waals surface area contributed by atoms with Crippen molar-refractivity contribution in [3.63, 3.8) is 0 Å². The van der Waals surface area contributed by atoms with E-state index in [4.69, 9.17) is 16.3 Å². The number of ether oxygens (including phenoxy) is 1. The van der Waals surface area contributed by atoms with Crippen LogP contribution >= 0.6 is 11.6 Å². The third-order valence-corrected chi connectivity index (χ3v) is 3.18. The molecule has 0 aliphatic carbocycles. The van der Waals surface area contributed by atoms with Gasteiger partial charge in [0.05, 0.1) is 0 Å². The first-order valence-corrected chi connectivity index (χ1v) is 7.37. The van der Waals surface area contributed by atoms with Gasteiger partial charge in [-0.3, -0.25) is 4.79 Å². The molecule has 4 nitrogen and oxygen atoms in total. The summed E-state index contributed by atoms with van der Waals surface area (Å²) in [5.74, 6) is -0.969. The lowest BCUT2D eigenvalue weighted by atomic mass is 10.2. The number of carbonyl (C=O) groups is 2. The van der Waals surface area contributed by atoms with Gasteiger partial charge in [0.1, 0.15) is 0 Å². The molecule has 1 amide bonds. The van der Waals surface area contributed by atoms with Gasteiger partial charge in [0.2, 0.25) is 0 Å². The Morgan fingerprint density at radius 3 is 2.61 bits per heavy atom. The summed E-state index contributed by atoms with van der Waals surface area (Å²) in [7, 11) is 0. The molecule has 0 aliphatic rings. The van der Waals surface area contributed by atoms with Crippen molar-refractivity contribution in [2.45, 2.75) is 6.92 Å². The standard InChI is InChI=1S/C18H16ClNO3/c1-13-3-2-4-16(11-13)20-17(21)12-23-18(22)10-7-14-5-8-15(19)9-6-14/h2-11H,12H2,1H3,(H,20,21)/b10-7+. The van der Waals surface area contributed by atoms with Gasteiger partial charge in [-0.1, -0.05) is 35.9 Å². The highest BCUT2D eigenvalue weighted by molar-refractivity contribution is 6.30. The van der Waals surface area contributed by atoms with Gasteiger partial charge in [-0.25, -0.2) is 4.79 Å². The largest absolute Gasteiger partial charge is 0.452 e. The molecule has 0 heterocycles. The minimum absolute atomic E-state index is 0.336. The van der Waals surface area contributed by atoms with Gasteiger partial charge in [-0.15, -0.1) is 0 Å². The number of amides is 1. The summed E-state index contributed by atoms with van der Waals surface area (Å²) >= 11 is 5.78. The van der Waals surface area contributed by atoms with E-state index in [0.29, 0.717) is 10.7 Å². The number of hydrogen-bond acceptors (Lipinski definition) is 3. The zero-order valence-electron chi connectivity index (χ0n) is 12.6. The van der Waals surface area contributed by atoms with Gasteiger partial charge in [-0.2, -0.15) is 0 Å². The van der Waals surface area contributed by atoms with Crippen LogP contribution < -0.4 is 5.32 Å². The number of nitrogens with one attached hydrogen (secondary N) is 1. The van der Waals surface area contributed by atoms with Gasteiger partial charge >= 0.3 is 5.97 Å². The van der Waals surface area contributed by atoms with Crippen LogP contribution in [0.3, 0.4) is 0 Å². The summed E-state index contributed by atoms with van der Waals surface area (Å²) in [5.41, 5.74) is 2.52. The molecular weight excluding hydrogens is 314 g/mol. The smallest absolute Gasteiger partial charge is 0.331 e. The van der Waals surface area contributed by atoms with Crippen LogP contribution in [0, 0.1) is 6.92 Å². The third-order valence-electron chi connectivity index (χ3n) is 2.93. The van der Waals surface area contributed by atoms with Crippen LogP contribution in [0.1, 0.15) is 11.1 Å². The molecule has 0 aliphatic heterocycles. The van der Waals surface area contributed by atoms with Crippen molar-refractivity contribution in [3.8, 4) is 0 Å². The quantitative estimate of drug-likeness (QED) is 0.669. The number of anilines is 1. The summed E-state index contributed by atoms with van der Waals surface area (Å²) in [5, 5.41) is 3.29. The van der Waals surface area contributed by atoms with Crippen molar-refractivity contribution in [2.24, 2.45) is 0 Å². The molecule has 0 radical (unpaired) electrons. The van der Waals surface area contributed by atoms with Gasteiger partial charge in [0, 0.05) is 16.8 Å². The molecule has 0 unspecified atom stereocenters. The first-order chi connectivity index (χ1) is 11.0. The average molecular weight is 330 g/mol. The average Bonchev–Trinajstić information content (AvgIpc) is 2.52. The molecule has 118 valence electrons. The topological polar surface area (TPSA) is 55.4 Å². The van der Waals surface area contributed by atoms with Crippen LogP contribution in [0.2, 0.25) is 5.02 Å². The maximum atomic E-state index is 11.7. The van der Waals surface area contributed by atoms with Crippen LogP contribution in [-0.4, -0.2) is 18.5 Å². The number of hydrogen-bond donors (Lipinski definition) is 1. The molecule has 2 aromatic carbocycles. The van der Waals surface area contributed by atoms with E-state index < -0.39 is 5.97 Å². The molecule has 2 aromatic rings. The molecule has 0 bridgehead atoms. The first-order valence-electron chi connectivity index (χ1n) is 7.00. The summed E-state index contributed by atoms with van der Waals surface area (Å²) in [6.07, 6.45) is 2.86. The van der Waals surface area contributed by atoms with Gasteiger partial charge < -0.3 is 10.1 Å². The highest BCUT2D eigenvalue weighted by Crippen LogP contribution is 2.11. The van der Waals surface area contributed by atoms with Crippen molar-refractivity contribution in [1.29, 1.82) is 0 Å². The Labute approximate surface area is 139 Å². The normalized spacial score (nSPS) is 10.5. The van der Waals surface area contributed by atoms with E-state index in [9.17, 15) is 9.59 Å². The van der Waals surface area contributed by atoms with E-state index in [1.54, 1.807) is 36.4 Å². The monoisotopic (exact) mass is 329 g/mol. The van der Waals surface area contributed by atoms with Gasteiger partial charge in [0.15, 0.2) is 6.61 Å². The number of aryl methyl sites for hydroxylation is 1. The zero-order chi connectivity index (χ0) is 16.7. The van der Waals surface area contributed by atoms with Crippen LogP contribution in [0.15, 0.2) is 54.6 Å². The van der Waals surface area contributed by atoms with Crippen LogP contribution in [0.4, 0.5) is 5.69 Å². The second kappa shape index (κ2) is 8.15. The highest BCUT2D eigenvalue weighted by atomic mass is 35.5. The minimum atomic E-state index is -0.584. The predicted molar refractivity (Wildman–Crippen MR) is 91.3 cm³/mol. The number of esters is 1. The SMILES string of the molecule is Cc1cccc(NC(=O)COC(=O)/C=C/c2ccc(Cl)cc2)c1. The Bertz CT molecular complexity index is 723. The Hall–Kier alpha value is -2.59. The molecule has 0 atom stereocenters. The second-order valence-electron chi connectivity index (χ2n) is 4.91. The van der Waals surface area contributed by atoms with Gasteiger partial charge in [-0.05, 0) is 48.4 Å². The van der Waals surface area contributed by atoms with E-state index in [1.807, 2.05) is 25.1 Å². The van der Waals surface area contributed by atoms with E-state index in [2.05, 4.69) is 5.32 Å². The van der Waals surface area contributed by atoms with Crippen LogP contribution in [-0.2, 0) is 14.3 Å². The Morgan fingerprint density at radius 1 is 1.17 bits per heavy atom. The van der Waals surface area contributed by atoms with Gasteiger partial charge in [0.25, 0.3) is 5.91 Å². The van der Waals surface area contributed by atoms with Crippen LogP contribution in [0.5, 0.6) is 0 Å². The lowest BCUT2D eigenvalue weighted by Gasteiger charge is -2.06. The Morgan fingerprint density at radius 2 is 1.91 bits per heavy atom. The van der Waals surface area contributed by atoms with Crippen molar-refractivity contribution in [1.82, 2.24) is 0 Å². The predicted octanol–water partition coefficient (Wildman–Crippen LogP) is 3.84. The van der Waals surface area contributed by atoms with Crippen molar-refractivity contribution < 1.29 is 14.3 Å². The maximum absolute atomic E-state index is 11.7. The number of benzene rings is 2. The third kappa shape index (κ3) is 5.96. The molecule has 0 fully saturated rings. The maximum Gasteiger partial charge on any atom is 0.331 e. The van der Waals surface area contributed by atoms with Crippen molar-refractivity contribution >= 4 is 35.2 Å². The first kappa shape index (κ1) is 16.8. The molecule has 0 aromatic heterocycles. The summed E-state index contributed by atoms with van der Waals surface area (Å²) < 4.78 is 4.89. The molecule has 2 rings (SSSR count). The second-order valence-corrected chi connectivity index (χ2v) is 5.35. The summed E-state index contributed by atoms with van der Waals surface area (Å²) in [6.45, 7) is 1.59. The van der Waals surface area contributed by atoms with Crippen LogP contribution in [0.25, 0.3) is 6.08 Å². The molecular formula is C18H16ClNO3. The van der Waals surface area contributed by atoms with Crippen molar-refractivity contribution in [3.05, 3.63) is 70.8 Å². The lowest BCUT2D eigenvalue weighted by molar-refractivity contribution is -0.142. The Balaban J connectivity index is 1.79. The molecule has 0 saturated carbocycles. The lowest BCUT2D eigenvalue weighted by Crippen LogP contribution is -2.20. The van der Waals surface area contributed by atoms with E-state index in [1.165, 1.54) is 6.08 Å². The molecule has 5 heteroatoms. The molecule has 0 spiro atoms. The van der Waals surface area contributed by atoms with E-state index in [-0.39, 0.29) is 12.5 Å². The van der Waals surface area contributed by atoms with E-state index in [0.717, 1.165) is 11.1 Å². The fraction of sp³-hybridized carbons (Fsp3) is 0.111. The number of halogens is 1. The summed E-state index contributed by atoms with van der Waals surface area (Å²) in [4.78, 5) is 23.3. The molecule has 23 heavy (non-hydrogen) atoms. The fourth-order valence-electron chi connectivity index (χ4n) is 1.84. The number of rotatable bonds is 5.